The van der Waals surface area contributed by atoms with E-state index < -0.39 is 15.8 Å². The number of aryl methyl sites for hydroxylation is 1. The van der Waals surface area contributed by atoms with Gasteiger partial charge in [-0.15, -0.1) is 0 Å². The number of esters is 1. The Morgan fingerprint density at radius 1 is 1.14 bits per heavy atom. The maximum atomic E-state index is 14.1. The van der Waals surface area contributed by atoms with E-state index in [1.165, 1.54) is 22.9 Å². The van der Waals surface area contributed by atoms with Crippen LogP contribution in [0.5, 0.6) is 0 Å². The molecule has 0 saturated carbocycles. The summed E-state index contributed by atoms with van der Waals surface area (Å²) in [6, 6.07) is 11.1. The van der Waals surface area contributed by atoms with Crippen LogP contribution in [-0.4, -0.2) is 37.0 Å². The summed E-state index contributed by atoms with van der Waals surface area (Å²) in [4.78, 5) is 12.0. The lowest BCUT2D eigenvalue weighted by Gasteiger charge is -2.05. The van der Waals surface area contributed by atoms with Gasteiger partial charge in [-0.3, -0.25) is 9.48 Å². The second kappa shape index (κ2) is 8.16. The van der Waals surface area contributed by atoms with Crippen molar-refractivity contribution in [2.24, 2.45) is 0 Å². The molecule has 2 aromatic carbocycles. The molecule has 0 amide bonds. The first-order valence-electron chi connectivity index (χ1n) is 8.99. The topological polar surface area (TPSA) is 78.3 Å². The Bertz CT molecular complexity index is 1150. The molecule has 0 radical (unpaired) electrons. The second-order valence-corrected chi connectivity index (χ2v) is 8.67. The molecule has 3 aromatic rings. The van der Waals surface area contributed by atoms with Crippen molar-refractivity contribution < 1.29 is 22.3 Å². The van der Waals surface area contributed by atoms with E-state index in [4.69, 9.17) is 4.74 Å². The number of nitrogens with zero attached hydrogens (tertiary/aromatic N) is 2. The number of sulfone groups is 1. The Kier molecular flexibility index (Phi) is 5.83. The molecule has 0 aliphatic carbocycles. The van der Waals surface area contributed by atoms with Crippen molar-refractivity contribution >= 4 is 15.8 Å². The molecule has 0 N–H and O–H groups in total. The molecule has 1 heterocycles. The summed E-state index contributed by atoms with van der Waals surface area (Å²) >= 11 is 0. The fourth-order valence-electron chi connectivity index (χ4n) is 2.89. The first-order valence-corrected chi connectivity index (χ1v) is 10.9. The van der Waals surface area contributed by atoms with Gasteiger partial charge in [-0.1, -0.05) is 24.3 Å². The van der Waals surface area contributed by atoms with Crippen LogP contribution >= 0.6 is 0 Å². The summed E-state index contributed by atoms with van der Waals surface area (Å²) in [6.07, 6.45) is 2.79. The third-order valence-electron chi connectivity index (χ3n) is 4.40. The van der Waals surface area contributed by atoms with Gasteiger partial charge in [0, 0.05) is 23.6 Å². The number of carbonyl (C=O) groups is 1. The zero-order valence-corrected chi connectivity index (χ0v) is 17.2. The Morgan fingerprint density at radius 2 is 1.79 bits per heavy atom. The van der Waals surface area contributed by atoms with Crippen molar-refractivity contribution in [3.8, 4) is 22.4 Å². The van der Waals surface area contributed by atoms with Crippen molar-refractivity contribution in [3.05, 3.63) is 60.0 Å². The maximum Gasteiger partial charge on any atom is 0.327 e. The highest BCUT2D eigenvalue weighted by Gasteiger charge is 2.17. The lowest BCUT2D eigenvalue weighted by molar-refractivity contribution is -0.144. The highest BCUT2D eigenvalue weighted by molar-refractivity contribution is 7.90. The zero-order valence-electron chi connectivity index (χ0n) is 16.3. The van der Waals surface area contributed by atoms with Gasteiger partial charge < -0.3 is 4.74 Å². The number of carbonyl (C=O) groups excluding carboxylic acids is 1. The number of ether oxygens (including phenoxy) is 1. The van der Waals surface area contributed by atoms with Crippen molar-refractivity contribution in [1.29, 1.82) is 0 Å². The van der Waals surface area contributed by atoms with Crippen LogP contribution in [0.3, 0.4) is 0 Å². The van der Waals surface area contributed by atoms with Gasteiger partial charge in [0.2, 0.25) is 0 Å². The van der Waals surface area contributed by atoms with Crippen LogP contribution in [-0.2, 0) is 25.9 Å². The minimum Gasteiger partial charge on any atom is -0.465 e. The number of halogens is 1. The number of aromatic nitrogens is 2. The Morgan fingerprint density at radius 3 is 2.38 bits per heavy atom. The highest BCUT2D eigenvalue weighted by atomic mass is 32.2. The number of hydrogen-bond donors (Lipinski definition) is 0. The molecule has 8 heteroatoms. The van der Waals surface area contributed by atoms with Gasteiger partial charge >= 0.3 is 5.97 Å². The number of rotatable bonds is 6. The van der Waals surface area contributed by atoms with E-state index in [-0.39, 0.29) is 23.9 Å². The van der Waals surface area contributed by atoms with Crippen LogP contribution in [0.2, 0.25) is 0 Å². The van der Waals surface area contributed by atoms with Crippen LogP contribution in [0.4, 0.5) is 4.39 Å². The van der Waals surface area contributed by atoms with Crippen LogP contribution in [0, 0.1) is 12.7 Å². The quantitative estimate of drug-likeness (QED) is 0.574. The summed E-state index contributed by atoms with van der Waals surface area (Å²) in [7, 11) is -3.33. The molecule has 0 unspecified atom stereocenters. The van der Waals surface area contributed by atoms with Gasteiger partial charge in [0.15, 0.2) is 9.84 Å². The molecule has 0 aliphatic heterocycles. The molecule has 29 heavy (non-hydrogen) atoms. The van der Waals surface area contributed by atoms with Gasteiger partial charge in [-0.2, -0.15) is 5.10 Å². The molecule has 0 bridgehead atoms. The molecule has 0 spiro atoms. The van der Waals surface area contributed by atoms with Crippen LogP contribution in [0.1, 0.15) is 12.5 Å². The molecule has 1 aromatic heterocycles. The average Bonchev–Trinajstić information content (AvgIpc) is 3.07. The van der Waals surface area contributed by atoms with Crippen molar-refractivity contribution in [3.63, 3.8) is 0 Å². The normalized spacial score (nSPS) is 11.4. The van der Waals surface area contributed by atoms with Gasteiger partial charge in [0.05, 0.1) is 11.5 Å². The van der Waals surface area contributed by atoms with Gasteiger partial charge in [0.1, 0.15) is 18.1 Å². The molecule has 152 valence electrons. The number of benzene rings is 2. The fourth-order valence-corrected chi connectivity index (χ4v) is 3.52. The summed E-state index contributed by atoms with van der Waals surface area (Å²) in [6.45, 7) is 3.57. The Balaban J connectivity index is 2.09. The Labute approximate surface area is 168 Å². The fraction of sp³-hybridized carbons (Fsp3) is 0.238. The molecular weight excluding hydrogens is 395 g/mol. The molecule has 0 saturated heterocycles. The maximum absolute atomic E-state index is 14.1. The smallest absolute Gasteiger partial charge is 0.327 e. The van der Waals surface area contributed by atoms with Crippen molar-refractivity contribution in [2.45, 2.75) is 25.3 Å². The van der Waals surface area contributed by atoms with Crippen molar-refractivity contribution in [1.82, 2.24) is 9.78 Å². The van der Waals surface area contributed by atoms with Gasteiger partial charge in [0.25, 0.3) is 0 Å². The number of hydrogen-bond acceptors (Lipinski definition) is 5. The first-order chi connectivity index (χ1) is 13.7. The highest BCUT2D eigenvalue weighted by Crippen LogP contribution is 2.32. The minimum absolute atomic E-state index is 0.0867. The summed E-state index contributed by atoms with van der Waals surface area (Å²) < 4.78 is 44.0. The van der Waals surface area contributed by atoms with E-state index in [2.05, 4.69) is 5.10 Å². The Hall–Kier alpha value is -3.00. The van der Waals surface area contributed by atoms with Crippen LogP contribution in [0.25, 0.3) is 22.4 Å². The summed E-state index contributed by atoms with van der Waals surface area (Å²) in [5.74, 6) is -0.783. The van der Waals surface area contributed by atoms with E-state index in [1.807, 2.05) is 0 Å². The molecular formula is C21H21FN2O4S. The molecule has 3 rings (SSSR count). The van der Waals surface area contributed by atoms with E-state index in [1.54, 1.807) is 44.3 Å². The largest absolute Gasteiger partial charge is 0.465 e. The van der Waals surface area contributed by atoms with Crippen LogP contribution in [0.15, 0.2) is 53.6 Å². The van der Waals surface area contributed by atoms with E-state index in [9.17, 15) is 17.6 Å². The second-order valence-electron chi connectivity index (χ2n) is 6.65. The predicted molar refractivity (Wildman–Crippen MR) is 108 cm³/mol. The zero-order chi connectivity index (χ0) is 21.2. The predicted octanol–water partition coefficient (Wildman–Crippen LogP) is 3.63. The lowest BCUT2D eigenvalue weighted by atomic mass is 10.0. The average molecular weight is 416 g/mol. The van der Waals surface area contributed by atoms with E-state index in [0.29, 0.717) is 27.9 Å². The molecule has 6 nitrogen and oxygen atoms in total. The lowest BCUT2D eigenvalue weighted by Crippen LogP contribution is -2.13. The monoisotopic (exact) mass is 416 g/mol. The van der Waals surface area contributed by atoms with E-state index in [0.717, 1.165) is 6.26 Å². The standard InChI is InChI=1S/C21H21FN2O4S/c1-4-28-20(25)13-24-12-18(16-6-5-14(2)19(22)11-16)21(23-24)15-7-9-17(10-8-15)29(3,26)27/h5-12H,4,13H2,1-3H3. The van der Waals surface area contributed by atoms with E-state index >= 15 is 0 Å². The molecule has 0 aliphatic rings. The van der Waals surface area contributed by atoms with Gasteiger partial charge in [-0.05, 0) is 43.2 Å². The molecule has 0 fully saturated rings. The van der Waals surface area contributed by atoms with Crippen molar-refractivity contribution in [2.75, 3.05) is 12.9 Å². The van der Waals surface area contributed by atoms with Crippen LogP contribution < -0.4 is 0 Å². The summed E-state index contributed by atoms with van der Waals surface area (Å²) in [5, 5.41) is 4.47. The SMILES string of the molecule is CCOC(=O)Cn1cc(-c2ccc(C)c(F)c2)c(-c2ccc(S(C)(=O)=O)cc2)n1. The third kappa shape index (κ3) is 4.71. The molecule has 0 atom stereocenters. The first kappa shape index (κ1) is 20.7. The summed E-state index contributed by atoms with van der Waals surface area (Å²) in [5.41, 5.74) is 2.91. The minimum atomic E-state index is -3.33. The third-order valence-corrected chi connectivity index (χ3v) is 5.53. The van der Waals surface area contributed by atoms with Gasteiger partial charge in [-0.25, -0.2) is 12.8 Å².